The van der Waals surface area contributed by atoms with E-state index in [0.717, 1.165) is 41.0 Å². The Morgan fingerprint density at radius 2 is 2.10 bits per heavy atom. The number of hydrogen-bond donors (Lipinski definition) is 1. The fourth-order valence-corrected chi connectivity index (χ4v) is 6.37. The highest BCUT2D eigenvalue weighted by Crippen LogP contribution is 2.36. The second kappa shape index (κ2) is 7.76. The predicted octanol–water partition coefficient (Wildman–Crippen LogP) is 1.96. The van der Waals surface area contributed by atoms with E-state index in [9.17, 15) is 8.42 Å². The average Bonchev–Trinajstić information content (AvgIpc) is 3.23. The maximum absolute atomic E-state index is 13.1. The molecule has 10 heteroatoms. The van der Waals surface area contributed by atoms with Crippen molar-refractivity contribution < 1.29 is 13.2 Å². The summed E-state index contributed by atoms with van der Waals surface area (Å²) >= 11 is 0. The average molecular weight is 443 g/mol. The van der Waals surface area contributed by atoms with E-state index in [1.807, 2.05) is 25.4 Å². The predicted molar refractivity (Wildman–Crippen MR) is 117 cm³/mol. The smallest absolute Gasteiger partial charge is 0.214 e. The van der Waals surface area contributed by atoms with Gasteiger partial charge in [-0.1, -0.05) is 6.07 Å². The number of methoxy groups -OCH3 is 1. The molecule has 0 radical (unpaired) electrons. The van der Waals surface area contributed by atoms with Gasteiger partial charge in [0.1, 0.15) is 17.8 Å². The van der Waals surface area contributed by atoms with Crippen LogP contribution in [0.25, 0.3) is 11.0 Å². The first kappa shape index (κ1) is 20.2. The molecule has 1 aliphatic heterocycles. The summed E-state index contributed by atoms with van der Waals surface area (Å²) in [6.07, 6.45) is 5.71. The molecule has 1 saturated carbocycles. The Labute approximate surface area is 181 Å². The van der Waals surface area contributed by atoms with E-state index in [-0.39, 0.29) is 17.7 Å². The topological polar surface area (TPSA) is 104 Å². The minimum atomic E-state index is -3.32. The number of sulfonamides is 1. The number of rotatable bonds is 6. The van der Waals surface area contributed by atoms with Crippen molar-refractivity contribution in [3.63, 3.8) is 0 Å². The Balaban J connectivity index is 1.21. The highest BCUT2D eigenvalue weighted by atomic mass is 32.2. The van der Waals surface area contributed by atoms with E-state index in [4.69, 9.17) is 4.74 Å². The van der Waals surface area contributed by atoms with Crippen molar-refractivity contribution in [1.29, 1.82) is 0 Å². The fraction of sp³-hybridized carbons (Fsp3) is 0.476. The molecule has 5 rings (SSSR count). The second-order valence-electron chi connectivity index (χ2n) is 8.36. The molecule has 0 spiro atoms. The van der Waals surface area contributed by atoms with Crippen molar-refractivity contribution in [2.24, 2.45) is 5.92 Å². The number of ether oxygens (including phenoxy) is 1. The molecule has 3 aromatic heterocycles. The number of H-pyrrole nitrogens is 1. The van der Waals surface area contributed by atoms with Crippen molar-refractivity contribution in [2.45, 2.75) is 31.8 Å². The van der Waals surface area contributed by atoms with Crippen molar-refractivity contribution in [1.82, 2.24) is 24.2 Å². The second-order valence-corrected chi connectivity index (χ2v) is 10.4. The van der Waals surface area contributed by atoms with Gasteiger partial charge >= 0.3 is 0 Å². The first-order valence-corrected chi connectivity index (χ1v) is 12.1. The summed E-state index contributed by atoms with van der Waals surface area (Å²) in [5.74, 6) is 1.81. The largest absolute Gasteiger partial charge is 0.481 e. The summed E-state index contributed by atoms with van der Waals surface area (Å²) in [4.78, 5) is 18.4. The standard InChI is InChI=1S/C21H26N6O3S/c1-26(21-17-5-7-22-20(17)23-13-24-21)16-9-14(10-16)12-31(28,29)27-8-6-18-15(11-27)3-4-19(25-18)30-2/h3-5,7,13-14,16H,6,8-12H2,1-2H3,(H,22,23,24). The molecule has 2 aliphatic rings. The number of fused-ring (bicyclic) bond motifs is 2. The van der Waals surface area contributed by atoms with Crippen LogP contribution in [0.5, 0.6) is 5.88 Å². The summed E-state index contributed by atoms with van der Waals surface area (Å²) in [7, 11) is 0.291. The third-order valence-electron chi connectivity index (χ3n) is 6.46. The van der Waals surface area contributed by atoms with Gasteiger partial charge in [-0.15, -0.1) is 0 Å². The molecule has 3 aromatic rings. The van der Waals surface area contributed by atoms with Crippen molar-refractivity contribution >= 4 is 26.9 Å². The Bertz CT molecular complexity index is 1200. The fourth-order valence-electron chi connectivity index (χ4n) is 4.59. The molecule has 1 fully saturated rings. The third-order valence-corrected chi connectivity index (χ3v) is 8.45. The molecular weight excluding hydrogens is 416 g/mol. The lowest BCUT2D eigenvalue weighted by molar-refractivity contribution is 0.276. The molecule has 9 nitrogen and oxygen atoms in total. The maximum Gasteiger partial charge on any atom is 0.214 e. The molecule has 1 N–H and O–H groups in total. The highest BCUT2D eigenvalue weighted by Gasteiger charge is 2.38. The zero-order valence-electron chi connectivity index (χ0n) is 17.7. The minimum Gasteiger partial charge on any atom is -0.481 e. The van der Waals surface area contributed by atoms with Crippen LogP contribution in [0, 0.1) is 5.92 Å². The minimum absolute atomic E-state index is 0.163. The Morgan fingerprint density at radius 3 is 2.90 bits per heavy atom. The van der Waals surface area contributed by atoms with Crippen LogP contribution < -0.4 is 9.64 Å². The summed E-state index contributed by atoms with van der Waals surface area (Å²) in [5, 5.41) is 0.985. The summed E-state index contributed by atoms with van der Waals surface area (Å²) in [6.45, 7) is 0.856. The Kier molecular flexibility index (Phi) is 5.05. The molecule has 0 saturated heterocycles. The maximum atomic E-state index is 13.1. The number of anilines is 1. The van der Waals surface area contributed by atoms with Crippen LogP contribution in [0.1, 0.15) is 24.1 Å². The number of aromatic nitrogens is 4. The lowest BCUT2D eigenvalue weighted by atomic mass is 9.81. The SMILES string of the molecule is COc1ccc2c(n1)CCN(S(=O)(=O)CC1CC(N(C)c3ncnc4[nH]ccc34)C1)C2. The van der Waals surface area contributed by atoms with Gasteiger partial charge in [-0.05, 0) is 30.4 Å². The van der Waals surface area contributed by atoms with Crippen molar-refractivity contribution in [3.05, 3.63) is 42.0 Å². The summed E-state index contributed by atoms with van der Waals surface area (Å²) in [5.41, 5.74) is 2.70. The third kappa shape index (κ3) is 3.74. The lowest BCUT2D eigenvalue weighted by Gasteiger charge is -2.42. The van der Waals surface area contributed by atoms with Crippen LogP contribution >= 0.6 is 0 Å². The van der Waals surface area contributed by atoms with E-state index in [0.29, 0.717) is 25.4 Å². The number of pyridine rings is 1. The van der Waals surface area contributed by atoms with Crippen LogP contribution in [0.4, 0.5) is 5.82 Å². The number of aromatic amines is 1. The van der Waals surface area contributed by atoms with Gasteiger partial charge in [-0.25, -0.2) is 23.4 Å². The van der Waals surface area contributed by atoms with Crippen LogP contribution in [0.2, 0.25) is 0 Å². The van der Waals surface area contributed by atoms with Gasteiger partial charge in [0.2, 0.25) is 15.9 Å². The van der Waals surface area contributed by atoms with Crippen LogP contribution in [0.15, 0.2) is 30.7 Å². The van der Waals surface area contributed by atoms with E-state index in [1.165, 1.54) is 0 Å². The van der Waals surface area contributed by atoms with Crippen molar-refractivity contribution in [3.8, 4) is 5.88 Å². The highest BCUT2D eigenvalue weighted by molar-refractivity contribution is 7.89. The summed E-state index contributed by atoms with van der Waals surface area (Å²) in [6, 6.07) is 5.96. The molecule has 0 amide bonds. The molecular formula is C21H26N6O3S. The number of nitrogens with zero attached hydrogens (tertiary/aromatic N) is 5. The van der Waals surface area contributed by atoms with Gasteiger partial charge < -0.3 is 14.6 Å². The molecule has 0 aromatic carbocycles. The van der Waals surface area contributed by atoms with Gasteiger partial charge in [0.15, 0.2) is 0 Å². The van der Waals surface area contributed by atoms with Gasteiger partial charge in [0, 0.05) is 44.9 Å². The Hall–Kier alpha value is -2.72. The van der Waals surface area contributed by atoms with Crippen LogP contribution in [-0.4, -0.2) is 65.2 Å². The molecule has 0 atom stereocenters. The molecule has 1 aliphatic carbocycles. The number of nitrogens with one attached hydrogen (secondary N) is 1. The van der Waals surface area contributed by atoms with Gasteiger partial charge in [-0.2, -0.15) is 4.31 Å². The normalized spacial score (nSPS) is 21.5. The van der Waals surface area contributed by atoms with E-state index >= 15 is 0 Å². The zero-order valence-corrected chi connectivity index (χ0v) is 18.5. The van der Waals surface area contributed by atoms with Gasteiger partial charge in [0.05, 0.1) is 23.9 Å². The Morgan fingerprint density at radius 1 is 1.26 bits per heavy atom. The number of hydrogen-bond acceptors (Lipinski definition) is 7. The van der Waals surface area contributed by atoms with Crippen LogP contribution in [0.3, 0.4) is 0 Å². The first-order chi connectivity index (χ1) is 14.9. The van der Waals surface area contributed by atoms with Crippen molar-refractivity contribution in [2.75, 3.05) is 31.4 Å². The van der Waals surface area contributed by atoms with E-state index in [1.54, 1.807) is 23.8 Å². The first-order valence-electron chi connectivity index (χ1n) is 10.5. The molecule has 4 heterocycles. The van der Waals surface area contributed by atoms with E-state index in [2.05, 4.69) is 24.8 Å². The van der Waals surface area contributed by atoms with Gasteiger partial charge in [0.25, 0.3) is 0 Å². The molecule has 0 unspecified atom stereocenters. The van der Waals surface area contributed by atoms with E-state index < -0.39 is 10.0 Å². The monoisotopic (exact) mass is 442 g/mol. The molecule has 31 heavy (non-hydrogen) atoms. The molecule has 0 bridgehead atoms. The van der Waals surface area contributed by atoms with Gasteiger partial charge in [-0.3, -0.25) is 0 Å². The quantitative estimate of drug-likeness (QED) is 0.622. The lowest BCUT2D eigenvalue weighted by Crippen LogP contribution is -2.47. The summed E-state index contributed by atoms with van der Waals surface area (Å²) < 4.78 is 32.9. The van der Waals surface area contributed by atoms with Crippen LogP contribution in [-0.2, 0) is 23.0 Å². The molecule has 164 valence electrons. The zero-order chi connectivity index (χ0) is 21.6.